The maximum Gasteiger partial charge on any atom is 0.255 e. The molecule has 0 N–H and O–H groups in total. The first-order valence-corrected chi connectivity index (χ1v) is 10.1. The Morgan fingerprint density at radius 3 is 2.48 bits per heavy atom. The Labute approximate surface area is 164 Å². The SMILES string of the molecule is Cc1ccc(C(=O)N2CCN(Cc3ccc(-c4ccccc4)s3)CC2)cn1. The molecule has 3 aromatic rings. The molecular weight excluding hydrogens is 354 g/mol. The number of hydrogen-bond acceptors (Lipinski definition) is 4. The van der Waals surface area contributed by atoms with Gasteiger partial charge in [-0.25, -0.2) is 0 Å². The number of nitrogens with zero attached hydrogens (tertiary/aromatic N) is 3. The van der Waals surface area contributed by atoms with E-state index in [-0.39, 0.29) is 5.91 Å². The molecule has 0 atom stereocenters. The molecule has 1 aliphatic heterocycles. The van der Waals surface area contributed by atoms with Crippen LogP contribution in [0.1, 0.15) is 20.9 Å². The lowest BCUT2D eigenvalue weighted by atomic mass is 10.2. The standard InChI is InChI=1S/C22H23N3OS/c1-17-7-8-19(15-23-17)22(26)25-13-11-24(12-14-25)16-20-9-10-21(27-20)18-5-3-2-4-6-18/h2-10,15H,11-14,16H2,1H3. The van der Waals surface area contributed by atoms with Crippen LogP contribution >= 0.6 is 11.3 Å². The molecular formula is C22H23N3OS. The van der Waals surface area contributed by atoms with Crippen LogP contribution in [-0.2, 0) is 6.54 Å². The lowest BCUT2D eigenvalue weighted by Gasteiger charge is -2.34. The van der Waals surface area contributed by atoms with Crippen molar-refractivity contribution in [2.75, 3.05) is 26.2 Å². The van der Waals surface area contributed by atoms with Crippen molar-refractivity contribution in [3.8, 4) is 10.4 Å². The Morgan fingerprint density at radius 2 is 1.78 bits per heavy atom. The van der Waals surface area contributed by atoms with Crippen LogP contribution in [0.4, 0.5) is 0 Å². The predicted molar refractivity (Wildman–Crippen MR) is 110 cm³/mol. The van der Waals surface area contributed by atoms with Crippen molar-refractivity contribution in [2.24, 2.45) is 0 Å². The Kier molecular flexibility index (Phi) is 5.32. The van der Waals surface area contributed by atoms with Gasteiger partial charge in [0.2, 0.25) is 0 Å². The minimum absolute atomic E-state index is 0.0876. The summed E-state index contributed by atoms with van der Waals surface area (Å²) in [5, 5.41) is 0. The maximum absolute atomic E-state index is 12.6. The molecule has 4 nitrogen and oxygen atoms in total. The van der Waals surface area contributed by atoms with Gasteiger partial charge in [-0.3, -0.25) is 14.7 Å². The quantitative estimate of drug-likeness (QED) is 0.687. The van der Waals surface area contributed by atoms with Crippen molar-refractivity contribution in [1.29, 1.82) is 0 Å². The molecule has 1 saturated heterocycles. The number of pyridine rings is 1. The van der Waals surface area contributed by atoms with Gasteiger partial charge in [0.15, 0.2) is 0 Å². The summed E-state index contributed by atoms with van der Waals surface area (Å²) in [6.07, 6.45) is 1.68. The number of aryl methyl sites for hydroxylation is 1. The smallest absolute Gasteiger partial charge is 0.255 e. The molecule has 1 fully saturated rings. The van der Waals surface area contributed by atoms with Crippen LogP contribution in [0.2, 0.25) is 0 Å². The van der Waals surface area contributed by atoms with Crippen LogP contribution in [0.25, 0.3) is 10.4 Å². The third-order valence-corrected chi connectivity index (χ3v) is 6.04. The summed E-state index contributed by atoms with van der Waals surface area (Å²) < 4.78 is 0. The van der Waals surface area contributed by atoms with E-state index in [1.807, 2.05) is 41.4 Å². The average Bonchev–Trinajstić information content (AvgIpc) is 3.18. The molecule has 138 valence electrons. The Bertz CT molecular complexity index is 897. The molecule has 0 saturated carbocycles. The number of amides is 1. The van der Waals surface area contributed by atoms with E-state index in [0.717, 1.165) is 38.4 Å². The largest absolute Gasteiger partial charge is 0.336 e. The summed E-state index contributed by atoms with van der Waals surface area (Å²) in [6.45, 7) is 6.23. The zero-order valence-corrected chi connectivity index (χ0v) is 16.3. The molecule has 1 amide bonds. The van der Waals surface area contributed by atoms with Gasteiger partial charge in [-0.05, 0) is 36.8 Å². The summed E-state index contributed by atoms with van der Waals surface area (Å²) >= 11 is 1.85. The molecule has 27 heavy (non-hydrogen) atoms. The van der Waals surface area contributed by atoms with E-state index in [1.165, 1.54) is 15.3 Å². The van der Waals surface area contributed by atoms with Crippen LogP contribution < -0.4 is 0 Å². The molecule has 0 radical (unpaired) electrons. The zero-order valence-electron chi connectivity index (χ0n) is 15.5. The molecule has 0 spiro atoms. The number of thiophene rings is 1. The van der Waals surface area contributed by atoms with E-state index in [4.69, 9.17) is 0 Å². The summed E-state index contributed by atoms with van der Waals surface area (Å²) in [5.74, 6) is 0.0876. The first-order chi connectivity index (χ1) is 13.2. The van der Waals surface area contributed by atoms with Gasteiger partial charge in [-0.2, -0.15) is 0 Å². The predicted octanol–water partition coefficient (Wildman–Crippen LogP) is 4.08. The van der Waals surface area contributed by atoms with Crippen molar-refractivity contribution in [3.63, 3.8) is 0 Å². The first-order valence-electron chi connectivity index (χ1n) is 9.27. The van der Waals surface area contributed by atoms with Crippen molar-refractivity contribution in [1.82, 2.24) is 14.8 Å². The summed E-state index contributed by atoms with van der Waals surface area (Å²) in [4.78, 5) is 23.9. The topological polar surface area (TPSA) is 36.4 Å². The van der Waals surface area contributed by atoms with Gasteiger partial charge in [0.25, 0.3) is 5.91 Å². The van der Waals surface area contributed by atoms with E-state index in [9.17, 15) is 4.79 Å². The Morgan fingerprint density at radius 1 is 1.00 bits per heavy atom. The molecule has 4 rings (SSSR count). The zero-order chi connectivity index (χ0) is 18.6. The number of carbonyl (C=O) groups is 1. The third kappa shape index (κ3) is 4.26. The molecule has 5 heteroatoms. The number of rotatable bonds is 4. The summed E-state index contributed by atoms with van der Waals surface area (Å²) in [7, 11) is 0. The van der Waals surface area contributed by atoms with E-state index in [1.54, 1.807) is 6.20 Å². The van der Waals surface area contributed by atoms with Gasteiger partial charge in [0.05, 0.1) is 5.56 Å². The lowest BCUT2D eigenvalue weighted by molar-refractivity contribution is 0.0629. The molecule has 1 aliphatic rings. The Balaban J connectivity index is 1.33. The molecule has 0 bridgehead atoms. The first kappa shape index (κ1) is 17.9. The van der Waals surface area contributed by atoms with E-state index in [0.29, 0.717) is 5.56 Å². The normalized spacial score (nSPS) is 15.1. The molecule has 3 heterocycles. The summed E-state index contributed by atoms with van der Waals surface area (Å²) in [5.41, 5.74) is 2.89. The molecule has 0 unspecified atom stereocenters. The van der Waals surface area contributed by atoms with Crippen LogP contribution in [0.15, 0.2) is 60.8 Å². The highest BCUT2D eigenvalue weighted by atomic mass is 32.1. The average molecular weight is 378 g/mol. The number of benzene rings is 1. The summed E-state index contributed by atoms with van der Waals surface area (Å²) in [6, 6.07) is 18.7. The van der Waals surface area contributed by atoms with Gasteiger partial charge in [-0.1, -0.05) is 30.3 Å². The highest BCUT2D eigenvalue weighted by Gasteiger charge is 2.22. The highest BCUT2D eigenvalue weighted by Crippen LogP contribution is 2.28. The van der Waals surface area contributed by atoms with E-state index in [2.05, 4.69) is 46.3 Å². The molecule has 2 aromatic heterocycles. The van der Waals surface area contributed by atoms with Gasteiger partial charge in [-0.15, -0.1) is 11.3 Å². The second-order valence-electron chi connectivity index (χ2n) is 6.89. The van der Waals surface area contributed by atoms with Gasteiger partial charge < -0.3 is 4.90 Å². The number of aromatic nitrogens is 1. The second kappa shape index (κ2) is 8.03. The van der Waals surface area contributed by atoms with Gasteiger partial charge in [0, 0.05) is 54.4 Å². The van der Waals surface area contributed by atoms with Crippen LogP contribution in [-0.4, -0.2) is 46.9 Å². The molecule has 1 aromatic carbocycles. The Hall–Kier alpha value is -2.50. The van der Waals surface area contributed by atoms with Crippen LogP contribution in [0, 0.1) is 6.92 Å². The monoisotopic (exact) mass is 377 g/mol. The van der Waals surface area contributed by atoms with Crippen molar-refractivity contribution in [3.05, 3.63) is 76.9 Å². The maximum atomic E-state index is 12.6. The fraction of sp³-hybridized carbons (Fsp3) is 0.273. The lowest BCUT2D eigenvalue weighted by Crippen LogP contribution is -2.48. The fourth-order valence-electron chi connectivity index (χ4n) is 3.33. The third-order valence-electron chi connectivity index (χ3n) is 4.92. The minimum atomic E-state index is 0.0876. The van der Waals surface area contributed by atoms with Crippen molar-refractivity contribution < 1.29 is 4.79 Å². The van der Waals surface area contributed by atoms with E-state index < -0.39 is 0 Å². The second-order valence-corrected chi connectivity index (χ2v) is 8.06. The fourth-order valence-corrected chi connectivity index (χ4v) is 4.38. The van der Waals surface area contributed by atoms with Gasteiger partial charge in [0.1, 0.15) is 0 Å². The van der Waals surface area contributed by atoms with Crippen molar-refractivity contribution in [2.45, 2.75) is 13.5 Å². The highest BCUT2D eigenvalue weighted by molar-refractivity contribution is 7.15. The van der Waals surface area contributed by atoms with Crippen LogP contribution in [0.3, 0.4) is 0 Å². The molecule has 0 aliphatic carbocycles. The van der Waals surface area contributed by atoms with Gasteiger partial charge >= 0.3 is 0 Å². The van der Waals surface area contributed by atoms with E-state index >= 15 is 0 Å². The number of piperazine rings is 1. The number of carbonyl (C=O) groups excluding carboxylic acids is 1. The number of hydrogen-bond donors (Lipinski definition) is 0. The van der Waals surface area contributed by atoms with Crippen LogP contribution in [0.5, 0.6) is 0 Å². The van der Waals surface area contributed by atoms with Crippen molar-refractivity contribution >= 4 is 17.2 Å². The minimum Gasteiger partial charge on any atom is -0.336 e.